The van der Waals surface area contributed by atoms with Crippen LogP contribution in [-0.2, 0) is 10.0 Å². The number of hydrogen-bond acceptors (Lipinski definition) is 5. The molecule has 0 heterocycles. The Morgan fingerprint density at radius 3 is 2.14 bits per heavy atom. The number of allylic oxidation sites excluding steroid dienone is 1. The Morgan fingerprint density at radius 1 is 1.36 bits per heavy atom. The second kappa shape index (κ2) is 4.87. The summed E-state index contributed by atoms with van der Waals surface area (Å²) in [5.74, 6) is -0.190. The summed E-state index contributed by atoms with van der Waals surface area (Å²) in [6.07, 6.45) is 2.49. The highest BCUT2D eigenvalue weighted by atomic mass is 32.2. The predicted octanol–water partition coefficient (Wildman–Crippen LogP) is -1.52. The summed E-state index contributed by atoms with van der Waals surface area (Å²) in [5.41, 5.74) is 16.0. The van der Waals surface area contributed by atoms with Crippen molar-refractivity contribution in [3.63, 3.8) is 0 Å². The van der Waals surface area contributed by atoms with Gasteiger partial charge in [-0.2, -0.15) is 0 Å². The summed E-state index contributed by atoms with van der Waals surface area (Å²) in [7, 11) is -0.439. The summed E-state index contributed by atoms with van der Waals surface area (Å²) in [6.45, 7) is 0. The third kappa shape index (κ3) is 4.15. The van der Waals surface area contributed by atoms with Gasteiger partial charge in [0.25, 0.3) is 0 Å². The van der Waals surface area contributed by atoms with Gasteiger partial charge in [-0.1, -0.05) is 0 Å². The predicted molar refractivity (Wildman–Crippen MR) is 56.2 cm³/mol. The van der Waals surface area contributed by atoms with Gasteiger partial charge in [-0.25, -0.2) is 12.7 Å². The third-order valence-electron chi connectivity index (χ3n) is 1.47. The molecule has 0 unspecified atom stereocenters. The molecule has 14 heavy (non-hydrogen) atoms. The van der Waals surface area contributed by atoms with E-state index in [1.54, 1.807) is 0 Å². The Balaban J connectivity index is 4.76. The van der Waals surface area contributed by atoms with Crippen molar-refractivity contribution in [2.75, 3.05) is 19.8 Å². The maximum absolute atomic E-state index is 11.4. The Kier molecular flexibility index (Phi) is 4.45. The molecule has 0 aliphatic carbocycles. The largest absolute Gasteiger partial charge is 0.404 e. The maximum Gasteiger partial charge on any atom is 0.217 e. The fraction of sp³-hybridized carbons (Fsp3) is 0.429. The summed E-state index contributed by atoms with van der Waals surface area (Å²) >= 11 is 0. The fourth-order valence-corrected chi connectivity index (χ4v) is 1.55. The monoisotopic (exact) mass is 220 g/mol. The lowest BCUT2D eigenvalue weighted by Crippen LogP contribution is -2.26. The van der Waals surface area contributed by atoms with Gasteiger partial charge in [-0.15, -0.1) is 0 Å². The van der Waals surface area contributed by atoms with E-state index in [0.717, 1.165) is 4.31 Å². The summed E-state index contributed by atoms with van der Waals surface area (Å²) in [4.78, 5) is 0. The molecule has 6 N–H and O–H groups in total. The first-order valence-corrected chi connectivity index (χ1v) is 5.44. The minimum absolute atomic E-state index is 0.0238. The van der Waals surface area contributed by atoms with Gasteiger partial charge in [-0.05, 0) is 17.8 Å². The molecular weight excluding hydrogens is 204 g/mol. The van der Waals surface area contributed by atoms with Gasteiger partial charge in [0, 0.05) is 14.1 Å². The first-order valence-electron chi connectivity index (χ1n) is 3.83. The van der Waals surface area contributed by atoms with Crippen LogP contribution in [0.3, 0.4) is 0 Å². The summed E-state index contributed by atoms with van der Waals surface area (Å²) in [5, 5.41) is 0. The van der Waals surface area contributed by atoms with Crippen LogP contribution in [0.1, 0.15) is 0 Å². The highest BCUT2D eigenvalue weighted by molar-refractivity contribution is 7.89. The smallest absolute Gasteiger partial charge is 0.217 e. The van der Waals surface area contributed by atoms with Gasteiger partial charge in [0.05, 0.1) is 11.6 Å². The molecule has 0 atom stereocenters. The van der Waals surface area contributed by atoms with Crippen molar-refractivity contribution in [3.8, 4) is 0 Å². The molecule has 0 aromatic heterocycles. The molecular formula is C7H16N4O2S. The normalized spacial score (nSPS) is 12.9. The molecule has 0 bridgehead atoms. The van der Waals surface area contributed by atoms with E-state index in [-0.39, 0.29) is 11.6 Å². The van der Waals surface area contributed by atoms with Crippen LogP contribution < -0.4 is 17.2 Å². The quantitative estimate of drug-likeness (QED) is 0.498. The Hall–Kier alpha value is -1.21. The lowest BCUT2D eigenvalue weighted by molar-refractivity contribution is 0.523. The zero-order chi connectivity index (χ0) is 11.4. The van der Waals surface area contributed by atoms with Gasteiger partial charge < -0.3 is 17.2 Å². The topological polar surface area (TPSA) is 115 Å². The van der Waals surface area contributed by atoms with Gasteiger partial charge in [0.1, 0.15) is 0 Å². The second-order valence-corrected chi connectivity index (χ2v) is 5.11. The van der Waals surface area contributed by atoms with E-state index in [9.17, 15) is 8.42 Å². The molecule has 7 heteroatoms. The molecule has 0 saturated heterocycles. The van der Waals surface area contributed by atoms with Crippen molar-refractivity contribution >= 4 is 10.0 Å². The van der Waals surface area contributed by atoms with E-state index in [1.807, 2.05) is 0 Å². The molecule has 0 saturated carbocycles. The number of hydrogen-bond donors (Lipinski definition) is 3. The van der Waals surface area contributed by atoms with Gasteiger partial charge in [0.15, 0.2) is 0 Å². The van der Waals surface area contributed by atoms with Gasteiger partial charge >= 0.3 is 0 Å². The van der Waals surface area contributed by atoms with Crippen molar-refractivity contribution < 1.29 is 8.42 Å². The lowest BCUT2D eigenvalue weighted by atomic mass is 10.3. The highest BCUT2D eigenvalue weighted by Gasteiger charge is 2.14. The van der Waals surface area contributed by atoms with Gasteiger partial charge in [-0.3, -0.25) is 0 Å². The van der Waals surface area contributed by atoms with Crippen molar-refractivity contribution in [3.05, 3.63) is 23.7 Å². The standard InChI is InChI=1S/C7H16N4O2S/c1-11(2)14(12,13)5-6(4-8)3-7(9)10/h3-4H,5,8-10H2,1-2H3/b6-4+. The van der Waals surface area contributed by atoms with E-state index < -0.39 is 10.0 Å². The minimum Gasteiger partial charge on any atom is -0.404 e. The maximum atomic E-state index is 11.4. The number of rotatable bonds is 4. The molecule has 0 fully saturated rings. The molecule has 0 aromatic rings. The Bertz CT molecular complexity index is 339. The van der Waals surface area contributed by atoms with Crippen molar-refractivity contribution in [1.29, 1.82) is 0 Å². The van der Waals surface area contributed by atoms with E-state index in [4.69, 9.17) is 17.2 Å². The minimum atomic E-state index is -3.33. The molecule has 0 aliphatic heterocycles. The number of sulfonamides is 1. The average Bonchev–Trinajstić information content (AvgIpc) is 2.01. The van der Waals surface area contributed by atoms with Crippen LogP contribution in [0, 0.1) is 0 Å². The SMILES string of the molecule is CN(C)S(=O)(=O)C/C(C=C(N)N)=C/N. The molecule has 82 valence electrons. The molecule has 6 nitrogen and oxygen atoms in total. The number of nitrogens with zero attached hydrogens (tertiary/aromatic N) is 1. The summed E-state index contributed by atoms with van der Waals surface area (Å²) < 4.78 is 23.9. The zero-order valence-corrected chi connectivity index (χ0v) is 9.08. The first-order chi connectivity index (χ1) is 6.29. The zero-order valence-electron chi connectivity index (χ0n) is 8.27. The van der Waals surface area contributed by atoms with E-state index in [0.29, 0.717) is 5.57 Å². The first kappa shape index (κ1) is 12.8. The van der Waals surface area contributed by atoms with E-state index >= 15 is 0 Å². The summed E-state index contributed by atoms with van der Waals surface area (Å²) in [6, 6.07) is 0. The van der Waals surface area contributed by atoms with Crippen LogP contribution in [0.4, 0.5) is 0 Å². The van der Waals surface area contributed by atoms with E-state index in [1.165, 1.54) is 26.4 Å². The fourth-order valence-electron chi connectivity index (χ4n) is 0.692. The lowest BCUT2D eigenvalue weighted by Gasteiger charge is -2.11. The van der Waals surface area contributed by atoms with Crippen LogP contribution in [0.15, 0.2) is 23.7 Å². The van der Waals surface area contributed by atoms with Crippen molar-refractivity contribution in [2.24, 2.45) is 17.2 Å². The Morgan fingerprint density at radius 2 is 1.86 bits per heavy atom. The van der Waals surface area contributed by atoms with Gasteiger partial charge in [0.2, 0.25) is 10.0 Å². The van der Waals surface area contributed by atoms with Crippen LogP contribution in [0.2, 0.25) is 0 Å². The van der Waals surface area contributed by atoms with E-state index in [2.05, 4.69) is 0 Å². The molecule has 0 aromatic carbocycles. The number of nitrogens with two attached hydrogens (primary N) is 3. The second-order valence-electron chi connectivity index (χ2n) is 2.92. The van der Waals surface area contributed by atoms with Crippen molar-refractivity contribution in [1.82, 2.24) is 4.31 Å². The van der Waals surface area contributed by atoms with Crippen LogP contribution >= 0.6 is 0 Å². The van der Waals surface area contributed by atoms with Crippen LogP contribution in [0.5, 0.6) is 0 Å². The van der Waals surface area contributed by atoms with Crippen molar-refractivity contribution in [2.45, 2.75) is 0 Å². The Labute approximate surface area is 84.1 Å². The van der Waals surface area contributed by atoms with Crippen LogP contribution in [-0.4, -0.2) is 32.6 Å². The molecule has 0 rings (SSSR count). The molecule has 0 spiro atoms. The average molecular weight is 220 g/mol. The third-order valence-corrected chi connectivity index (χ3v) is 3.28. The molecule has 0 amide bonds. The van der Waals surface area contributed by atoms with Crippen LogP contribution in [0.25, 0.3) is 0 Å². The highest BCUT2D eigenvalue weighted by Crippen LogP contribution is 2.04. The molecule has 0 aliphatic rings. The molecule has 0 radical (unpaired) electrons.